The molecule has 0 aromatic rings. The molecule has 8 heteroatoms. The fourth-order valence-electron chi connectivity index (χ4n) is 8.18. The molecule has 0 spiro atoms. The normalized spacial score (nSPS) is 43.1. The highest BCUT2D eigenvalue weighted by Crippen LogP contribution is 2.69. The van der Waals surface area contributed by atoms with Crippen LogP contribution in [0.4, 0.5) is 0 Å². The van der Waals surface area contributed by atoms with Crippen molar-refractivity contribution in [3.63, 3.8) is 0 Å². The second-order valence-corrected chi connectivity index (χ2v) is 11.3. The molecule has 188 valence electrons. The molecule has 3 saturated carbocycles. The smallest absolute Gasteiger partial charge is 0.309 e. The molecular weight excluding hydrogens is 440 g/mol. The minimum Gasteiger partial charge on any atom is -0.481 e. The van der Waals surface area contributed by atoms with Gasteiger partial charge < -0.3 is 19.7 Å². The van der Waals surface area contributed by atoms with Crippen LogP contribution in [0.1, 0.15) is 72.1 Å². The summed E-state index contributed by atoms with van der Waals surface area (Å²) in [5.41, 5.74) is -1.45. The molecule has 4 aliphatic carbocycles. The van der Waals surface area contributed by atoms with E-state index in [2.05, 4.69) is 6.92 Å². The number of aliphatic carboxylic acids is 1. The van der Waals surface area contributed by atoms with Crippen LogP contribution < -0.4 is 0 Å². The first-order valence-corrected chi connectivity index (χ1v) is 12.3. The molecule has 4 aliphatic rings. The van der Waals surface area contributed by atoms with E-state index in [0.717, 1.165) is 5.57 Å². The Balaban J connectivity index is 1.85. The maximum absolute atomic E-state index is 13.1. The lowest BCUT2D eigenvalue weighted by atomic mass is 9.43. The average molecular weight is 477 g/mol. The van der Waals surface area contributed by atoms with Gasteiger partial charge in [-0.25, -0.2) is 0 Å². The van der Waals surface area contributed by atoms with Gasteiger partial charge in [0.25, 0.3) is 0 Å². The van der Waals surface area contributed by atoms with Crippen LogP contribution in [0, 0.1) is 34.5 Å². The summed E-state index contributed by atoms with van der Waals surface area (Å²) in [6.45, 7) is 5.44. The van der Waals surface area contributed by atoms with Gasteiger partial charge in [0.05, 0.1) is 18.6 Å². The van der Waals surface area contributed by atoms with Crippen molar-refractivity contribution in [2.45, 2.75) is 83.8 Å². The molecule has 4 rings (SSSR count). The third-order valence-electron chi connectivity index (χ3n) is 9.83. The summed E-state index contributed by atoms with van der Waals surface area (Å²) >= 11 is 0. The van der Waals surface area contributed by atoms with Crippen LogP contribution in [0.2, 0.25) is 0 Å². The molecule has 0 aliphatic heterocycles. The van der Waals surface area contributed by atoms with Crippen LogP contribution in [0.25, 0.3) is 0 Å². The molecule has 3 fully saturated rings. The first kappa shape index (κ1) is 24.9. The third kappa shape index (κ3) is 3.69. The number of hydrogen-bond acceptors (Lipinski definition) is 7. The van der Waals surface area contributed by atoms with Gasteiger partial charge in [-0.15, -0.1) is 0 Å². The van der Waals surface area contributed by atoms with Crippen molar-refractivity contribution in [1.29, 1.82) is 0 Å². The molecule has 0 aromatic carbocycles. The Morgan fingerprint density at radius 1 is 1.21 bits per heavy atom. The maximum Gasteiger partial charge on any atom is 0.309 e. The van der Waals surface area contributed by atoms with Crippen LogP contribution >= 0.6 is 0 Å². The van der Waals surface area contributed by atoms with Gasteiger partial charge in [0, 0.05) is 31.1 Å². The number of carbonyl (C=O) groups excluding carboxylic acids is 3. The summed E-state index contributed by atoms with van der Waals surface area (Å²) in [6, 6.07) is 0. The predicted octanol–water partition coefficient (Wildman–Crippen LogP) is 3.05. The van der Waals surface area contributed by atoms with Gasteiger partial charge in [-0.1, -0.05) is 19.4 Å². The van der Waals surface area contributed by atoms with E-state index in [1.807, 2.05) is 6.92 Å². The second-order valence-electron chi connectivity index (χ2n) is 11.3. The number of esters is 2. The standard InChI is InChI=1S/C26H36O8/c1-14(27)34-19-13-25(3)18(6-9-26(25,32)10-7-20(29)30)21-17(23(31)33-4)12-15-11-16(28)5-8-24(15,2)22(19)21/h11,17-19,21-22,32H,5-10,12-13H2,1-4H3,(H,29,30)/t17?,18-,19+,21-,22-,24-,25-,26+/m0/s1. The van der Waals surface area contributed by atoms with E-state index in [1.54, 1.807) is 6.08 Å². The first-order chi connectivity index (χ1) is 15.9. The van der Waals surface area contributed by atoms with Gasteiger partial charge in [-0.05, 0) is 61.9 Å². The number of rotatable bonds is 5. The molecule has 0 aromatic heterocycles. The fraction of sp³-hybridized carbons (Fsp3) is 0.769. The van der Waals surface area contributed by atoms with E-state index in [9.17, 15) is 29.4 Å². The molecular formula is C26H36O8. The van der Waals surface area contributed by atoms with E-state index in [0.29, 0.717) is 38.5 Å². The summed E-state index contributed by atoms with van der Waals surface area (Å²) in [4.78, 5) is 49.0. The third-order valence-corrected chi connectivity index (χ3v) is 9.83. The minimum atomic E-state index is -1.24. The van der Waals surface area contributed by atoms with Gasteiger partial charge in [0.15, 0.2) is 5.78 Å². The molecule has 0 amide bonds. The lowest BCUT2D eigenvalue weighted by molar-refractivity contribution is -0.205. The number of methoxy groups -OCH3 is 1. The van der Waals surface area contributed by atoms with Crippen molar-refractivity contribution in [1.82, 2.24) is 0 Å². The quantitative estimate of drug-likeness (QED) is 0.580. The zero-order valence-corrected chi connectivity index (χ0v) is 20.5. The molecule has 0 bridgehead atoms. The molecule has 8 nitrogen and oxygen atoms in total. The number of ether oxygens (including phenoxy) is 2. The van der Waals surface area contributed by atoms with Gasteiger partial charge in [-0.3, -0.25) is 19.2 Å². The number of carboxylic acid groups (broad SMARTS) is 1. The zero-order chi connectivity index (χ0) is 25.1. The fourth-order valence-corrected chi connectivity index (χ4v) is 8.18. The highest BCUT2D eigenvalue weighted by atomic mass is 16.5. The van der Waals surface area contributed by atoms with E-state index in [-0.39, 0.29) is 42.3 Å². The SMILES string of the molecule is COC(=O)C1CC2=CC(=O)CC[C@]2(C)[C@@H]2[C@@H]1[C@@H]1CC[C@@](O)(CCC(=O)O)[C@@]1(C)C[C@H]2OC(C)=O. The zero-order valence-electron chi connectivity index (χ0n) is 20.5. The second kappa shape index (κ2) is 8.47. The Morgan fingerprint density at radius 2 is 1.91 bits per heavy atom. The van der Waals surface area contributed by atoms with Crippen molar-refractivity contribution in [2.75, 3.05) is 7.11 Å². The molecule has 1 unspecified atom stereocenters. The van der Waals surface area contributed by atoms with Crippen LogP contribution in [0.15, 0.2) is 11.6 Å². The molecule has 2 N–H and O–H groups in total. The predicted molar refractivity (Wildman–Crippen MR) is 120 cm³/mol. The van der Waals surface area contributed by atoms with Gasteiger partial charge >= 0.3 is 17.9 Å². The Bertz CT molecular complexity index is 939. The van der Waals surface area contributed by atoms with Crippen LogP contribution in [-0.4, -0.2) is 52.7 Å². The number of carboxylic acids is 1. The summed E-state index contributed by atoms with van der Waals surface area (Å²) in [5, 5.41) is 21.1. The molecule has 0 radical (unpaired) electrons. The van der Waals surface area contributed by atoms with Crippen LogP contribution in [0.3, 0.4) is 0 Å². The maximum atomic E-state index is 13.1. The minimum absolute atomic E-state index is 0.0446. The van der Waals surface area contributed by atoms with Gasteiger partial charge in [-0.2, -0.15) is 0 Å². The van der Waals surface area contributed by atoms with Crippen molar-refractivity contribution in [2.24, 2.45) is 34.5 Å². The summed E-state index contributed by atoms with van der Waals surface area (Å²) in [7, 11) is 1.36. The highest BCUT2D eigenvalue weighted by Gasteiger charge is 2.69. The lowest BCUT2D eigenvalue weighted by Gasteiger charge is -2.62. The van der Waals surface area contributed by atoms with E-state index < -0.39 is 40.4 Å². The Labute approximate surface area is 200 Å². The summed E-state index contributed by atoms with van der Waals surface area (Å²) in [5.74, 6) is -2.72. The molecule has 34 heavy (non-hydrogen) atoms. The largest absolute Gasteiger partial charge is 0.481 e. The highest BCUT2D eigenvalue weighted by molar-refractivity contribution is 5.92. The average Bonchev–Trinajstić information content (AvgIpc) is 3.02. The number of ketones is 1. The topological polar surface area (TPSA) is 127 Å². The Kier molecular flexibility index (Phi) is 6.20. The molecule has 0 heterocycles. The van der Waals surface area contributed by atoms with Gasteiger partial charge in [0.1, 0.15) is 6.10 Å². The molecule has 0 saturated heterocycles. The van der Waals surface area contributed by atoms with Crippen LogP contribution in [0.5, 0.6) is 0 Å². The van der Waals surface area contributed by atoms with Crippen molar-refractivity contribution >= 4 is 23.7 Å². The van der Waals surface area contributed by atoms with Crippen LogP contribution in [-0.2, 0) is 28.7 Å². The Hall–Kier alpha value is -2.22. The van der Waals surface area contributed by atoms with Crippen molar-refractivity contribution in [3.8, 4) is 0 Å². The number of carbonyl (C=O) groups is 4. The number of hydrogen-bond donors (Lipinski definition) is 2. The monoisotopic (exact) mass is 476 g/mol. The van der Waals surface area contributed by atoms with Crippen molar-refractivity contribution in [3.05, 3.63) is 11.6 Å². The number of allylic oxidation sites excluding steroid dienone is 1. The molecule has 8 atom stereocenters. The summed E-state index contributed by atoms with van der Waals surface area (Å²) < 4.78 is 11.1. The van der Waals surface area contributed by atoms with E-state index >= 15 is 0 Å². The summed E-state index contributed by atoms with van der Waals surface area (Å²) in [6.07, 6.45) is 3.98. The van der Waals surface area contributed by atoms with Gasteiger partial charge in [0.2, 0.25) is 0 Å². The first-order valence-electron chi connectivity index (χ1n) is 12.3. The van der Waals surface area contributed by atoms with E-state index in [4.69, 9.17) is 9.47 Å². The lowest BCUT2D eigenvalue weighted by Crippen LogP contribution is -2.63. The Morgan fingerprint density at radius 3 is 2.53 bits per heavy atom. The number of aliphatic hydroxyl groups is 1. The number of fused-ring (bicyclic) bond motifs is 5. The van der Waals surface area contributed by atoms with Crippen molar-refractivity contribution < 1.29 is 38.9 Å². The van der Waals surface area contributed by atoms with E-state index in [1.165, 1.54) is 14.0 Å².